The van der Waals surface area contributed by atoms with E-state index in [9.17, 15) is 0 Å². The van der Waals surface area contributed by atoms with Gasteiger partial charge in [0.05, 0.1) is 5.38 Å². The maximum atomic E-state index is 6.48. The number of benzene rings is 1. The number of rotatable bonds is 5. The van der Waals surface area contributed by atoms with Crippen LogP contribution in [0.4, 0.5) is 0 Å². The summed E-state index contributed by atoms with van der Waals surface area (Å²) in [4.78, 5) is 0. The lowest BCUT2D eigenvalue weighted by Gasteiger charge is -2.27. The Morgan fingerprint density at radius 2 is 1.76 bits per heavy atom. The second-order valence-corrected chi connectivity index (χ2v) is 6.00. The van der Waals surface area contributed by atoms with E-state index in [1.54, 1.807) is 0 Å². The Kier molecular flexibility index (Phi) is 4.50. The third-order valence-electron chi connectivity index (χ3n) is 4.24. The smallest absolute Gasteiger partial charge is 0.0587 e. The molecule has 1 aromatic rings. The van der Waals surface area contributed by atoms with Crippen LogP contribution in [0, 0.1) is 5.92 Å². The van der Waals surface area contributed by atoms with E-state index < -0.39 is 0 Å². The fourth-order valence-corrected chi connectivity index (χ4v) is 2.82. The van der Waals surface area contributed by atoms with Crippen molar-refractivity contribution in [2.24, 2.45) is 5.92 Å². The molecule has 2 rings (SSSR count). The summed E-state index contributed by atoms with van der Waals surface area (Å²) >= 11 is 6.48. The largest absolute Gasteiger partial charge is 0.118 e. The fourth-order valence-electron chi connectivity index (χ4n) is 2.43. The summed E-state index contributed by atoms with van der Waals surface area (Å²) in [5.41, 5.74) is 2.73. The van der Waals surface area contributed by atoms with Crippen molar-refractivity contribution in [3.8, 4) is 0 Å². The molecule has 17 heavy (non-hydrogen) atoms. The van der Waals surface area contributed by atoms with E-state index in [-0.39, 0.29) is 5.38 Å². The van der Waals surface area contributed by atoms with E-state index in [1.807, 2.05) is 0 Å². The Labute approximate surface area is 110 Å². The third kappa shape index (κ3) is 3.25. The second-order valence-electron chi connectivity index (χ2n) is 5.48. The Morgan fingerprint density at radius 1 is 1.18 bits per heavy atom. The molecular formula is C16H23Cl. The molecule has 0 amide bonds. The average molecular weight is 251 g/mol. The highest BCUT2D eigenvalue weighted by Gasteiger charge is 2.21. The average Bonchev–Trinajstić information content (AvgIpc) is 2.32. The van der Waals surface area contributed by atoms with Gasteiger partial charge in [-0.25, -0.2) is 0 Å². The maximum absolute atomic E-state index is 6.48. The predicted octanol–water partition coefficient (Wildman–Crippen LogP) is 5.67. The van der Waals surface area contributed by atoms with Crippen LogP contribution in [-0.4, -0.2) is 0 Å². The summed E-state index contributed by atoms with van der Waals surface area (Å²) in [6.07, 6.45) is 6.53. The highest BCUT2D eigenvalue weighted by atomic mass is 35.5. The molecule has 1 aromatic carbocycles. The molecule has 0 bridgehead atoms. The lowest BCUT2D eigenvalue weighted by atomic mass is 9.81. The maximum Gasteiger partial charge on any atom is 0.0587 e. The Balaban J connectivity index is 1.96. The van der Waals surface area contributed by atoms with Crippen molar-refractivity contribution >= 4 is 11.6 Å². The monoisotopic (exact) mass is 250 g/mol. The van der Waals surface area contributed by atoms with Crippen molar-refractivity contribution in [2.45, 2.75) is 57.2 Å². The minimum atomic E-state index is 0.214. The molecule has 0 nitrogen and oxygen atoms in total. The van der Waals surface area contributed by atoms with Crippen molar-refractivity contribution < 1.29 is 0 Å². The zero-order valence-electron chi connectivity index (χ0n) is 11.0. The number of hydrogen-bond acceptors (Lipinski definition) is 0. The summed E-state index contributed by atoms with van der Waals surface area (Å²) in [5, 5.41) is 0.214. The van der Waals surface area contributed by atoms with E-state index in [0.29, 0.717) is 5.92 Å². The van der Waals surface area contributed by atoms with E-state index in [1.165, 1.54) is 36.8 Å². The highest BCUT2D eigenvalue weighted by molar-refractivity contribution is 6.20. The van der Waals surface area contributed by atoms with Gasteiger partial charge in [-0.3, -0.25) is 0 Å². The fraction of sp³-hybridized carbons (Fsp3) is 0.625. The molecule has 1 aliphatic rings. The SMILES string of the molecule is CCC(C)c1ccc(C(Cl)CC2CCC2)cc1. The molecule has 1 aliphatic carbocycles. The molecule has 1 fully saturated rings. The summed E-state index contributed by atoms with van der Waals surface area (Å²) in [7, 11) is 0. The van der Waals surface area contributed by atoms with Gasteiger partial charge in [0.2, 0.25) is 0 Å². The summed E-state index contributed by atoms with van der Waals surface area (Å²) in [5.74, 6) is 1.54. The minimum Gasteiger partial charge on any atom is -0.118 e. The number of alkyl halides is 1. The van der Waals surface area contributed by atoms with Gasteiger partial charge < -0.3 is 0 Å². The van der Waals surface area contributed by atoms with Crippen LogP contribution >= 0.6 is 11.6 Å². The topological polar surface area (TPSA) is 0 Å². The van der Waals surface area contributed by atoms with Crippen molar-refractivity contribution in [1.82, 2.24) is 0 Å². The van der Waals surface area contributed by atoms with Gasteiger partial charge in [-0.05, 0) is 35.8 Å². The first-order valence-electron chi connectivity index (χ1n) is 6.94. The molecule has 0 N–H and O–H groups in total. The van der Waals surface area contributed by atoms with Gasteiger partial charge >= 0.3 is 0 Å². The molecule has 0 heterocycles. The minimum absolute atomic E-state index is 0.214. The molecule has 94 valence electrons. The molecular weight excluding hydrogens is 228 g/mol. The number of halogens is 1. The van der Waals surface area contributed by atoms with Gasteiger partial charge in [0.1, 0.15) is 0 Å². The van der Waals surface area contributed by atoms with Crippen LogP contribution in [0.3, 0.4) is 0 Å². The second kappa shape index (κ2) is 5.91. The summed E-state index contributed by atoms with van der Waals surface area (Å²) in [6, 6.07) is 8.94. The van der Waals surface area contributed by atoms with Gasteiger partial charge in [0, 0.05) is 0 Å². The van der Waals surface area contributed by atoms with Crippen molar-refractivity contribution in [3.05, 3.63) is 35.4 Å². The Morgan fingerprint density at radius 3 is 2.24 bits per heavy atom. The molecule has 2 unspecified atom stereocenters. The van der Waals surface area contributed by atoms with Crippen molar-refractivity contribution in [3.63, 3.8) is 0 Å². The normalized spacial score (nSPS) is 19.7. The first kappa shape index (κ1) is 13.0. The number of hydrogen-bond donors (Lipinski definition) is 0. The van der Waals surface area contributed by atoms with Crippen molar-refractivity contribution in [1.29, 1.82) is 0 Å². The molecule has 0 saturated heterocycles. The van der Waals surface area contributed by atoms with Crippen LogP contribution in [0.2, 0.25) is 0 Å². The van der Waals surface area contributed by atoms with E-state index in [4.69, 9.17) is 11.6 Å². The lowest BCUT2D eigenvalue weighted by Crippen LogP contribution is -2.12. The molecule has 1 heteroatoms. The van der Waals surface area contributed by atoms with Gasteiger partial charge in [0.25, 0.3) is 0 Å². The first-order valence-corrected chi connectivity index (χ1v) is 7.38. The molecule has 0 aliphatic heterocycles. The van der Waals surface area contributed by atoms with Crippen LogP contribution < -0.4 is 0 Å². The Hall–Kier alpha value is -0.490. The van der Waals surface area contributed by atoms with Gasteiger partial charge in [-0.2, -0.15) is 0 Å². The quantitative estimate of drug-likeness (QED) is 0.591. The summed E-state index contributed by atoms with van der Waals surface area (Å²) < 4.78 is 0. The van der Waals surface area contributed by atoms with Gasteiger partial charge in [0.15, 0.2) is 0 Å². The highest BCUT2D eigenvalue weighted by Crippen LogP contribution is 2.37. The van der Waals surface area contributed by atoms with Gasteiger partial charge in [-0.15, -0.1) is 11.6 Å². The van der Waals surface area contributed by atoms with Crippen LogP contribution in [0.25, 0.3) is 0 Å². The van der Waals surface area contributed by atoms with Crippen molar-refractivity contribution in [2.75, 3.05) is 0 Å². The van der Waals surface area contributed by atoms with E-state index in [2.05, 4.69) is 38.1 Å². The molecule has 0 aromatic heterocycles. The molecule has 0 radical (unpaired) electrons. The van der Waals surface area contributed by atoms with Gasteiger partial charge in [-0.1, -0.05) is 57.4 Å². The molecule has 2 atom stereocenters. The first-order chi connectivity index (χ1) is 8.20. The standard InChI is InChI=1S/C16H23Cl/c1-3-12(2)14-7-9-15(10-8-14)16(17)11-13-5-4-6-13/h7-10,12-13,16H,3-6,11H2,1-2H3. The van der Waals surface area contributed by atoms with Crippen LogP contribution in [0.15, 0.2) is 24.3 Å². The zero-order valence-corrected chi connectivity index (χ0v) is 11.7. The zero-order chi connectivity index (χ0) is 12.3. The Bertz CT molecular complexity index is 337. The van der Waals surface area contributed by atoms with Crippen LogP contribution in [0.5, 0.6) is 0 Å². The van der Waals surface area contributed by atoms with Crippen LogP contribution in [-0.2, 0) is 0 Å². The van der Waals surface area contributed by atoms with E-state index >= 15 is 0 Å². The lowest BCUT2D eigenvalue weighted by molar-refractivity contribution is 0.293. The molecule has 1 saturated carbocycles. The molecule has 0 spiro atoms. The van der Waals surface area contributed by atoms with E-state index in [0.717, 1.165) is 12.3 Å². The summed E-state index contributed by atoms with van der Waals surface area (Å²) in [6.45, 7) is 4.51. The van der Waals surface area contributed by atoms with Crippen LogP contribution in [0.1, 0.15) is 68.4 Å². The third-order valence-corrected chi connectivity index (χ3v) is 4.67. The predicted molar refractivity (Wildman–Crippen MR) is 75.7 cm³/mol.